The van der Waals surface area contributed by atoms with Crippen molar-refractivity contribution >= 4 is 23.5 Å². The van der Waals surface area contributed by atoms with Crippen molar-refractivity contribution in [2.45, 2.75) is 26.7 Å². The Morgan fingerprint density at radius 3 is 2.72 bits per heavy atom. The summed E-state index contributed by atoms with van der Waals surface area (Å²) in [5, 5.41) is 17.7. The van der Waals surface area contributed by atoms with Crippen LogP contribution in [0.25, 0.3) is 5.69 Å². The standard InChI is InChI=1S/C17H21ClN4O3/c1-4-6-14-15(16(23)21(3)10-11(2)17(24)25)19-20-22(14)13-8-5-7-12(18)9-13/h5,7-9,11H,4,6,10H2,1-3H3,(H,24,25). The van der Waals surface area contributed by atoms with Gasteiger partial charge in [-0.1, -0.05) is 43.1 Å². The number of amides is 1. The molecule has 8 heteroatoms. The molecule has 0 radical (unpaired) electrons. The van der Waals surface area contributed by atoms with Crippen LogP contribution in [-0.4, -0.2) is 50.5 Å². The molecular formula is C17H21ClN4O3. The second kappa shape index (κ2) is 8.11. The van der Waals surface area contributed by atoms with E-state index < -0.39 is 11.9 Å². The fourth-order valence-electron chi connectivity index (χ4n) is 2.50. The molecule has 1 heterocycles. The van der Waals surface area contributed by atoms with E-state index in [0.29, 0.717) is 17.1 Å². The lowest BCUT2D eigenvalue weighted by atomic mass is 10.1. The van der Waals surface area contributed by atoms with Crippen molar-refractivity contribution in [2.75, 3.05) is 13.6 Å². The first-order valence-corrected chi connectivity index (χ1v) is 8.41. The highest BCUT2D eigenvalue weighted by Gasteiger charge is 2.25. The van der Waals surface area contributed by atoms with Gasteiger partial charge in [-0.25, -0.2) is 4.68 Å². The van der Waals surface area contributed by atoms with E-state index in [-0.39, 0.29) is 18.1 Å². The Kier molecular flexibility index (Phi) is 6.14. The monoisotopic (exact) mass is 364 g/mol. The van der Waals surface area contributed by atoms with E-state index in [1.165, 1.54) is 4.90 Å². The molecule has 0 saturated carbocycles. The molecule has 1 amide bonds. The van der Waals surface area contributed by atoms with Crippen LogP contribution in [0.1, 0.15) is 36.5 Å². The predicted octanol–water partition coefficient (Wildman–Crippen LogP) is 2.67. The van der Waals surface area contributed by atoms with Gasteiger partial charge in [0, 0.05) is 18.6 Å². The van der Waals surface area contributed by atoms with Gasteiger partial charge in [0.25, 0.3) is 5.91 Å². The molecule has 1 aromatic carbocycles. The van der Waals surface area contributed by atoms with E-state index >= 15 is 0 Å². The Bertz CT molecular complexity index is 775. The summed E-state index contributed by atoms with van der Waals surface area (Å²) < 4.78 is 1.61. The number of aromatic nitrogens is 3. The van der Waals surface area contributed by atoms with Crippen LogP contribution in [-0.2, 0) is 11.2 Å². The van der Waals surface area contributed by atoms with Gasteiger partial charge in [0.15, 0.2) is 5.69 Å². The molecule has 1 aromatic heterocycles. The summed E-state index contributed by atoms with van der Waals surface area (Å²) in [6.45, 7) is 3.66. The number of benzene rings is 1. The maximum Gasteiger partial charge on any atom is 0.308 e. The van der Waals surface area contributed by atoms with E-state index in [9.17, 15) is 9.59 Å². The third-order valence-electron chi connectivity index (χ3n) is 3.82. The first kappa shape index (κ1) is 18.9. The number of aliphatic carboxylic acids is 1. The fourth-order valence-corrected chi connectivity index (χ4v) is 2.68. The molecule has 0 spiro atoms. The van der Waals surface area contributed by atoms with Gasteiger partial charge in [0.2, 0.25) is 0 Å². The maximum atomic E-state index is 12.7. The lowest BCUT2D eigenvalue weighted by molar-refractivity contribution is -0.141. The second-order valence-corrected chi connectivity index (χ2v) is 6.39. The van der Waals surface area contributed by atoms with Gasteiger partial charge in [0.05, 0.1) is 17.3 Å². The van der Waals surface area contributed by atoms with E-state index in [4.69, 9.17) is 16.7 Å². The Hall–Kier alpha value is -2.41. The number of carbonyl (C=O) groups excluding carboxylic acids is 1. The number of hydrogen-bond acceptors (Lipinski definition) is 4. The molecule has 1 unspecified atom stereocenters. The van der Waals surface area contributed by atoms with Gasteiger partial charge in [-0.15, -0.1) is 5.10 Å². The van der Waals surface area contributed by atoms with Gasteiger partial charge in [-0.2, -0.15) is 0 Å². The summed E-state index contributed by atoms with van der Waals surface area (Å²) in [6.07, 6.45) is 1.42. The molecule has 7 nitrogen and oxygen atoms in total. The highest BCUT2D eigenvalue weighted by Crippen LogP contribution is 2.19. The van der Waals surface area contributed by atoms with Crippen molar-refractivity contribution in [2.24, 2.45) is 5.92 Å². The van der Waals surface area contributed by atoms with Crippen LogP contribution in [0.2, 0.25) is 5.02 Å². The van der Waals surface area contributed by atoms with Crippen molar-refractivity contribution in [1.29, 1.82) is 0 Å². The van der Waals surface area contributed by atoms with E-state index in [0.717, 1.165) is 12.1 Å². The average molecular weight is 365 g/mol. The van der Waals surface area contributed by atoms with Crippen molar-refractivity contribution in [1.82, 2.24) is 19.9 Å². The predicted molar refractivity (Wildman–Crippen MR) is 94.1 cm³/mol. The van der Waals surface area contributed by atoms with Gasteiger partial charge >= 0.3 is 5.97 Å². The number of carboxylic acids is 1. The minimum absolute atomic E-state index is 0.101. The van der Waals surface area contributed by atoms with Gasteiger partial charge < -0.3 is 10.0 Å². The minimum atomic E-state index is -0.948. The molecule has 0 fully saturated rings. The minimum Gasteiger partial charge on any atom is -0.481 e. The van der Waals surface area contributed by atoms with Crippen molar-refractivity contribution in [3.05, 3.63) is 40.7 Å². The normalized spacial score (nSPS) is 12.0. The van der Waals surface area contributed by atoms with Crippen molar-refractivity contribution < 1.29 is 14.7 Å². The number of nitrogens with zero attached hydrogens (tertiary/aromatic N) is 4. The summed E-state index contributed by atoms with van der Waals surface area (Å²) in [7, 11) is 1.57. The van der Waals surface area contributed by atoms with Crippen LogP contribution in [0, 0.1) is 5.92 Å². The molecular weight excluding hydrogens is 344 g/mol. The zero-order chi connectivity index (χ0) is 18.6. The zero-order valence-corrected chi connectivity index (χ0v) is 15.2. The van der Waals surface area contributed by atoms with Crippen LogP contribution in [0.15, 0.2) is 24.3 Å². The summed E-state index contributed by atoms with van der Waals surface area (Å²) in [4.78, 5) is 25.1. The summed E-state index contributed by atoms with van der Waals surface area (Å²) in [5.74, 6) is -1.95. The molecule has 2 rings (SSSR count). The molecule has 0 aliphatic rings. The summed E-state index contributed by atoms with van der Waals surface area (Å²) in [5.41, 5.74) is 1.65. The van der Waals surface area contributed by atoms with E-state index in [1.807, 2.05) is 13.0 Å². The molecule has 0 aliphatic carbocycles. The molecule has 2 aromatic rings. The first-order chi connectivity index (χ1) is 11.8. The van der Waals surface area contributed by atoms with E-state index in [1.54, 1.807) is 36.9 Å². The number of rotatable bonds is 7. The van der Waals surface area contributed by atoms with Crippen LogP contribution in [0.3, 0.4) is 0 Å². The lowest BCUT2D eigenvalue weighted by Crippen LogP contribution is -2.34. The molecule has 1 atom stereocenters. The number of carboxylic acid groups (broad SMARTS) is 1. The quantitative estimate of drug-likeness (QED) is 0.815. The lowest BCUT2D eigenvalue weighted by Gasteiger charge is -2.19. The highest BCUT2D eigenvalue weighted by molar-refractivity contribution is 6.30. The summed E-state index contributed by atoms with van der Waals surface area (Å²) >= 11 is 6.04. The third-order valence-corrected chi connectivity index (χ3v) is 4.06. The topological polar surface area (TPSA) is 88.3 Å². The van der Waals surface area contributed by atoms with Crippen LogP contribution in [0.4, 0.5) is 0 Å². The second-order valence-electron chi connectivity index (χ2n) is 5.95. The Morgan fingerprint density at radius 2 is 2.12 bits per heavy atom. The largest absolute Gasteiger partial charge is 0.481 e. The molecule has 0 aliphatic heterocycles. The number of carbonyl (C=O) groups is 2. The van der Waals surface area contributed by atoms with Gasteiger partial charge in [0.1, 0.15) is 0 Å². The fraction of sp³-hybridized carbons (Fsp3) is 0.412. The van der Waals surface area contributed by atoms with E-state index in [2.05, 4.69) is 10.3 Å². The van der Waals surface area contributed by atoms with Crippen LogP contribution < -0.4 is 0 Å². The maximum absolute atomic E-state index is 12.7. The molecule has 134 valence electrons. The third kappa shape index (κ3) is 4.36. The molecule has 0 saturated heterocycles. The van der Waals surface area contributed by atoms with Crippen molar-refractivity contribution in [3.63, 3.8) is 0 Å². The van der Waals surface area contributed by atoms with Gasteiger partial charge in [-0.3, -0.25) is 9.59 Å². The zero-order valence-electron chi connectivity index (χ0n) is 14.4. The van der Waals surface area contributed by atoms with Gasteiger partial charge in [-0.05, 0) is 24.6 Å². The summed E-state index contributed by atoms with van der Waals surface area (Å²) in [6, 6.07) is 7.15. The smallest absolute Gasteiger partial charge is 0.308 e. The molecule has 1 N–H and O–H groups in total. The average Bonchev–Trinajstić information content (AvgIpc) is 2.98. The van der Waals surface area contributed by atoms with Crippen molar-refractivity contribution in [3.8, 4) is 5.69 Å². The molecule has 0 bridgehead atoms. The highest BCUT2D eigenvalue weighted by atomic mass is 35.5. The Morgan fingerprint density at radius 1 is 1.40 bits per heavy atom. The number of hydrogen-bond donors (Lipinski definition) is 1. The van der Waals surface area contributed by atoms with Crippen LogP contribution >= 0.6 is 11.6 Å². The number of halogens is 1. The SMILES string of the molecule is CCCc1c(C(=O)N(C)CC(C)C(=O)O)nnn1-c1cccc(Cl)c1. The first-order valence-electron chi connectivity index (χ1n) is 8.04. The Balaban J connectivity index is 2.35. The Labute approximate surface area is 151 Å². The molecule has 25 heavy (non-hydrogen) atoms. The van der Waals surface area contributed by atoms with Crippen LogP contribution in [0.5, 0.6) is 0 Å².